The van der Waals surface area contributed by atoms with E-state index in [0.717, 1.165) is 10.6 Å². The minimum absolute atomic E-state index is 0.223. The topological polar surface area (TPSA) is 119 Å². The van der Waals surface area contributed by atoms with E-state index in [1.165, 1.54) is 44.6 Å². The van der Waals surface area contributed by atoms with Crippen LogP contribution in [0.1, 0.15) is 10.4 Å². The summed E-state index contributed by atoms with van der Waals surface area (Å²) in [4.78, 5) is 21.8. The lowest BCUT2D eigenvalue weighted by molar-refractivity contribution is 0.0964. The van der Waals surface area contributed by atoms with Crippen LogP contribution in [-0.4, -0.2) is 44.6 Å². The number of halogens is 2. The molecule has 0 radical (unpaired) electrons. The molecule has 0 aliphatic heterocycles. The van der Waals surface area contributed by atoms with E-state index in [-0.39, 0.29) is 16.9 Å². The molecule has 1 amide bonds. The molecule has 0 unspecified atom stereocenters. The third-order valence-electron chi connectivity index (χ3n) is 6.84. The molecular weight excluding hydrogens is 583 g/mol. The molecule has 12 heteroatoms. The second kappa shape index (κ2) is 10.3. The number of carbonyl (C=O) groups excluding carboxylic acids is 1. The lowest BCUT2D eigenvalue weighted by Crippen LogP contribution is -2.25. The summed E-state index contributed by atoms with van der Waals surface area (Å²) >= 11 is 6.05. The zero-order valence-corrected chi connectivity index (χ0v) is 24.0. The summed E-state index contributed by atoms with van der Waals surface area (Å²) in [5.74, 6) is -0.336. The number of aromatic nitrogens is 2. The highest BCUT2D eigenvalue weighted by Gasteiger charge is 2.26. The predicted molar refractivity (Wildman–Crippen MR) is 159 cm³/mol. The molecule has 0 spiro atoms. The van der Waals surface area contributed by atoms with Gasteiger partial charge >= 0.3 is 0 Å². The zero-order valence-electron chi connectivity index (χ0n) is 22.5. The molecule has 0 saturated heterocycles. The van der Waals surface area contributed by atoms with E-state index in [4.69, 9.17) is 20.4 Å². The van der Waals surface area contributed by atoms with Crippen molar-refractivity contribution in [3.05, 3.63) is 89.3 Å². The molecule has 9 nitrogen and oxygen atoms in total. The lowest BCUT2D eigenvalue weighted by atomic mass is 9.97. The molecule has 6 rings (SSSR count). The Morgan fingerprint density at radius 2 is 1.71 bits per heavy atom. The van der Waals surface area contributed by atoms with Crippen molar-refractivity contribution in [2.24, 2.45) is 0 Å². The summed E-state index contributed by atoms with van der Waals surface area (Å²) in [5.41, 5.74) is 3.86. The van der Waals surface area contributed by atoms with Crippen molar-refractivity contribution >= 4 is 55.4 Å². The van der Waals surface area contributed by atoms with Gasteiger partial charge in [0.1, 0.15) is 17.2 Å². The maximum absolute atomic E-state index is 13.7. The number of oxazole rings is 1. The molecular formula is C30H22ClFN4O5S. The Bertz CT molecular complexity index is 2120. The van der Waals surface area contributed by atoms with Crippen molar-refractivity contribution < 1.29 is 26.4 Å². The van der Waals surface area contributed by atoms with Gasteiger partial charge in [0, 0.05) is 54.5 Å². The van der Waals surface area contributed by atoms with Gasteiger partial charge in [0.25, 0.3) is 5.91 Å². The van der Waals surface area contributed by atoms with Crippen LogP contribution in [0.4, 0.5) is 10.1 Å². The van der Waals surface area contributed by atoms with E-state index < -0.39 is 21.7 Å². The average molecular weight is 605 g/mol. The first-order valence-electron chi connectivity index (χ1n) is 12.6. The first-order valence-corrected chi connectivity index (χ1v) is 14.8. The summed E-state index contributed by atoms with van der Waals surface area (Å²) in [6, 6.07) is 17.7. The number of hydrogen-bond acceptors (Lipinski definition) is 7. The number of fused-ring (bicyclic) bond motifs is 2. The molecule has 1 N–H and O–H groups in total. The van der Waals surface area contributed by atoms with Gasteiger partial charge in [-0.05, 0) is 48.0 Å². The predicted octanol–water partition coefficient (Wildman–Crippen LogP) is 6.52. The molecule has 0 bridgehead atoms. The van der Waals surface area contributed by atoms with Crippen molar-refractivity contribution in [1.82, 2.24) is 15.3 Å². The summed E-state index contributed by atoms with van der Waals surface area (Å²) in [5, 5.41) is 3.49. The van der Waals surface area contributed by atoms with Crippen LogP contribution in [0.2, 0.25) is 5.02 Å². The van der Waals surface area contributed by atoms with Gasteiger partial charge in [-0.2, -0.15) is 4.98 Å². The Balaban J connectivity index is 1.60. The van der Waals surface area contributed by atoms with E-state index in [0.29, 0.717) is 55.5 Å². The fraction of sp³-hybridized carbons (Fsp3) is 0.100. The van der Waals surface area contributed by atoms with E-state index in [1.54, 1.807) is 36.4 Å². The van der Waals surface area contributed by atoms with Gasteiger partial charge < -0.3 is 14.2 Å². The van der Waals surface area contributed by atoms with Gasteiger partial charge in [-0.15, -0.1) is 0 Å². The van der Waals surface area contributed by atoms with Crippen LogP contribution in [0, 0.1) is 5.82 Å². The zero-order chi connectivity index (χ0) is 29.8. The highest BCUT2D eigenvalue weighted by molar-refractivity contribution is 7.92. The SMILES string of the molecule is CNC(=O)c1c(-c2ccc(F)cc2)oc2cc(N(C)S(C)(=O)=O)c(-c3cccc(-c4nc5ncc(Cl)cc5o4)c3)cc12. The third-order valence-corrected chi connectivity index (χ3v) is 8.24. The molecule has 3 aromatic heterocycles. The highest BCUT2D eigenvalue weighted by atomic mass is 35.5. The van der Waals surface area contributed by atoms with E-state index in [2.05, 4.69) is 15.3 Å². The second-order valence-corrected chi connectivity index (χ2v) is 12.0. The summed E-state index contributed by atoms with van der Waals surface area (Å²) in [7, 11) is -0.773. The Hall–Kier alpha value is -4.74. The molecule has 0 saturated carbocycles. The maximum Gasteiger partial charge on any atom is 0.255 e. The van der Waals surface area contributed by atoms with Crippen molar-refractivity contribution in [2.75, 3.05) is 24.7 Å². The molecule has 6 aromatic rings. The van der Waals surface area contributed by atoms with Gasteiger partial charge in [0.15, 0.2) is 11.2 Å². The van der Waals surface area contributed by atoms with Crippen LogP contribution in [0.25, 0.3) is 56.1 Å². The smallest absolute Gasteiger partial charge is 0.255 e. The number of furan rings is 1. The number of rotatable bonds is 6. The van der Waals surface area contributed by atoms with Crippen LogP contribution >= 0.6 is 11.6 Å². The number of nitrogens with zero attached hydrogens (tertiary/aromatic N) is 3. The van der Waals surface area contributed by atoms with Crippen molar-refractivity contribution in [3.63, 3.8) is 0 Å². The Morgan fingerprint density at radius 1 is 0.976 bits per heavy atom. The molecule has 42 heavy (non-hydrogen) atoms. The lowest BCUT2D eigenvalue weighted by Gasteiger charge is -2.21. The molecule has 0 fully saturated rings. The highest BCUT2D eigenvalue weighted by Crippen LogP contribution is 2.42. The normalized spacial score (nSPS) is 11.7. The molecule has 0 aliphatic carbocycles. The van der Waals surface area contributed by atoms with Crippen LogP contribution in [-0.2, 0) is 10.0 Å². The maximum atomic E-state index is 13.7. The van der Waals surface area contributed by atoms with Gasteiger partial charge in [-0.3, -0.25) is 9.10 Å². The number of hydrogen-bond donors (Lipinski definition) is 1. The average Bonchev–Trinajstić information content (AvgIpc) is 3.56. The minimum atomic E-state index is -3.70. The van der Waals surface area contributed by atoms with Gasteiger partial charge in [0.05, 0.1) is 22.5 Å². The number of amides is 1. The first-order chi connectivity index (χ1) is 20.0. The van der Waals surface area contributed by atoms with Crippen molar-refractivity contribution in [3.8, 4) is 33.9 Å². The number of nitrogens with one attached hydrogen (secondary N) is 1. The standard InChI is InChI=1S/C30H22ClFN4O5S/c1-33-29(37)26-22-13-21(17-5-4-6-18(11-17)30-35-28-25(41-30)12-19(31)15-34-28)23(36(2)42(3,38)39)14-24(22)40-27(26)16-7-9-20(32)10-8-16/h4-15H,1-3H3,(H,33,37). The quantitative estimate of drug-likeness (QED) is 0.230. The van der Waals surface area contributed by atoms with Crippen LogP contribution in [0.5, 0.6) is 0 Å². The number of benzene rings is 3. The van der Waals surface area contributed by atoms with E-state index >= 15 is 0 Å². The molecule has 212 valence electrons. The van der Waals surface area contributed by atoms with Crippen LogP contribution in [0.15, 0.2) is 81.8 Å². The molecule has 0 aliphatic rings. The Labute approximate surface area is 244 Å². The largest absolute Gasteiger partial charge is 0.455 e. The number of pyridine rings is 1. The van der Waals surface area contributed by atoms with Crippen LogP contribution in [0.3, 0.4) is 0 Å². The number of anilines is 1. The number of sulfonamides is 1. The van der Waals surface area contributed by atoms with Gasteiger partial charge in [-0.25, -0.2) is 17.8 Å². The molecule has 3 aromatic carbocycles. The van der Waals surface area contributed by atoms with Gasteiger partial charge in [0.2, 0.25) is 15.9 Å². The monoisotopic (exact) mass is 604 g/mol. The fourth-order valence-corrected chi connectivity index (χ4v) is 5.35. The molecule has 3 heterocycles. The minimum Gasteiger partial charge on any atom is -0.455 e. The first kappa shape index (κ1) is 27.4. The van der Waals surface area contributed by atoms with Crippen LogP contribution < -0.4 is 9.62 Å². The van der Waals surface area contributed by atoms with Crippen molar-refractivity contribution in [1.29, 1.82) is 0 Å². The van der Waals surface area contributed by atoms with E-state index in [1.807, 2.05) is 6.07 Å². The van der Waals surface area contributed by atoms with Crippen molar-refractivity contribution in [2.45, 2.75) is 0 Å². The number of carbonyl (C=O) groups is 1. The second-order valence-electron chi connectivity index (χ2n) is 9.56. The van der Waals surface area contributed by atoms with E-state index in [9.17, 15) is 17.6 Å². The summed E-state index contributed by atoms with van der Waals surface area (Å²) in [6.45, 7) is 0. The third kappa shape index (κ3) is 4.86. The summed E-state index contributed by atoms with van der Waals surface area (Å²) in [6.07, 6.45) is 2.57. The van der Waals surface area contributed by atoms with Gasteiger partial charge in [-0.1, -0.05) is 23.7 Å². The molecule has 0 atom stereocenters. The summed E-state index contributed by atoms with van der Waals surface area (Å²) < 4.78 is 52.2. The fourth-order valence-electron chi connectivity index (χ4n) is 4.70. The Morgan fingerprint density at radius 3 is 2.43 bits per heavy atom. The Kier molecular flexibility index (Phi) is 6.71.